The molecule has 0 N–H and O–H groups in total. The van der Waals surface area contributed by atoms with Crippen LogP contribution in [0.25, 0.3) is 0 Å². The van der Waals surface area contributed by atoms with E-state index in [1.165, 1.54) is 0 Å². The molecule has 0 atom stereocenters. The minimum atomic E-state index is -2.70. The molecule has 6 nitrogen and oxygen atoms in total. The van der Waals surface area contributed by atoms with Crippen molar-refractivity contribution < 1.29 is 26.6 Å². The zero-order valence-electron chi connectivity index (χ0n) is 18.2. The third kappa shape index (κ3) is 5.83. The van der Waals surface area contributed by atoms with Gasteiger partial charge in [0.15, 0.2) is 0 Å². The van der Waals surface area contributed by atoms with Crippen LogP contribution in [-0.4, -0.2) is 65.3 Å². The Hall–Kier alpha value is 0.151. The summed E-state index contributed by atoms with van der Waals surface area (Å²) in [6.07, 6.45) is 2.74. The Morgan fingerprint density at radius 2 is 1.00 bits per heavy atom. The zero-order valence-corrected chi connectivity index (χ0v) is 21.2. The minimum absolute atomic E-state index is 0.115. The van der Waals surface area contributed by atoms with Crippen LogP contribution < -0.4 is 0 Å². The summed E-state index contributed by atoms with van der Waals surface area (Å²) in [7, 11) is -7.99. The van der Waals surface area contributed by atoms with Crippen LogP contribution in [0.15, 0.2) is 12.7 Å². The van der Waals surface area contributed by atoms with Gasteiger partial charge in [-0.15, -0.1) is 6.58 Å². The Bertz CT molecular complexity index is 391. The monoisotopic (exact) mass is 436 g/mol. The number of hydrogen-bond acceptors (Lipinski definition) is 6. The van der Waals surface area contributed by atoms with Crippen LogP contribution in [0.4, 0.5) is 0 Å². The fraction of sp³-hybridized carbons (Fsp3) is 0.889. The standard InChI is InChI=1S/C18H40O6Si3/c1-8-15-18-26(21-11-4,22-12-5)16-25(19-9-2,20-10-3)17-27(18,23-13-6)24-14-7/h8,18H,1,9-17H2,2-7H3. The lowest BCUT2D eigenvalue weighted by molar-refractivity contribution is 0.128. The van der Waals surface area contributed by atoms with Gasteiger partial charge in [0.25, 0.3) is 0 Å². The lowest BCUT2D eigenvalue weighted by Crippen LogP contribution is -2.72. The second-order valence-corrected chi connectivity index (χ2v) is 18.2. The molecule has 1 heterocycles. The van der Waals surface area contributed by atoms with Gasteiger partial charge in [-0.05, 0) is 48.0 Å². The highest BCUT2D eigenvalue weighted by Gasteiger charge is 2.71. The van der Waals surface area contributed by atoms with E-state index in [-0.39, 0.29) is 5.16 Å². The van der Waals surface area contributed by atoms with Crippen LogP contribution in [0.1, 0.15) is 48.0 Å². The fourth-order valence-corrected chi connectivity index (χ4v) is 27.9. The van der Waals surface area contributed by atoms with E-state index in [1.807, 2.05) is 47.6 Å². The van der Waals surface area contributed by atoms with Crippen LogP contribution in [0.5, 0.6) is 0 Å². The van der Waals surface area contributed by atoms with E-state index in [1.54, 1.807) is 0 Å². The Morgan fingerprint density at radius 3 is 1.26 bits per heavy atom. The Labute approximate surface area is 169 Å². The quantitative estimate of drug-likeness (QED) is 0.302. The third-order valence-electron chi connectivity index (χ3n) is 4.87. The maximum atomic E-state index is 6.49. The van der Waals surface area contributed by atoms with E-state index in [0.717, 1.165) is 17.8 Å². The average Bonchev–Trinajstić information content (AvgIpc) is 2.60. The summed E-state index contributed by atoms with van der Waals surface area (Å²) >= 11 is 0. The molecule has 0 aromatic carbocycles. The van der Waals surface area contributed by atoms with Crippen LogP contribution in [0.2, 0.25) is 16.5 Å². The molecule has 1 saturated heterocycles. The molecule has 160 valence electrons. The highest BCUT2D eigenvalue weighted by atomic mass is 28.5. The van der Waals surface area contributed by atoms with Gasteiger partial charge in [0, 0.05) is 56.1 Å². The molecule has 1 aliphatic rings. The van der Waals surface area contributed by atoms with Gasteiger partial charge in [-0.3, -0.25) is 0 Å². The first-order valence-electron chi connectivity index (χ1n) is 10.4. The molecule has 1 rings (SSSR count). The maximum Gasteiger partial charge on any atom is 0.345 e. The topological polar surface area (TPSA) is 55.4 Å². The zero-order chi connectivity index (χ0) is 20.4. The number of rotatable bonds is 14. The Morgan fingerprint density at radius 1 is 0.667 bits per heavy atom. The molecule has 0 aliphatic carbocycles. The summed E-state index contributed by atoms with van der Waals surface area (Å²) in [4.78, 5) is 0. The summed E-state index contributed by atoms with van der Waals surface area (Å²) in [5.74, 6) is 0. The molecule has 0 aromatic heterocycles. The minimum Gasteiger partial charge on any atom is -0.395 e. The van der Waals surface area contributed by atoms with Crippen molar-refractivity contribution in [3.05, 3.63) is 12.7 Å². The molecule has 0 amide bonds. The summed E-state index contributed by atoms with van der Waals surface area (Å²) in [6.45, 7) is 19.8. The highest BCUT2D eigenvalue weighted by molar-refractivity contribution is 7.05. The van der Waals surface area contributed by atoms with Crippen molar-refractivity contribution >= 4 is 25.7 Å². The molecule has 0 saturated carbocycles. The van der Waals surface area contributed by atoms with Crippen LogP contribution in [-0.2, 0) is 26.6 Å². The predicted octanol–water partition coefficient (Wildman–Crippen LogP) is 4.11. The van der Waals surface area contributed by atoms with Gasteiger partial charge in [0.2, 0.25) is 0 Å². The summed E-state index contributed by atoms with van der Waals surface area (Å²) in [6, 6.07) is 0. The summed E-state index contributed by atoms with van der Waals surface area (Å²) in [5, 5.41) is 0.115. The van der Waals surface area contributed by atoms with E-state index in [2.05, 4.69) is 6.58 Å². The third-order valence-corrected chi connectivity index (χ3v) is 23.1. The Balaban J connectivity index is 3.60. The predicted molar refractivity (Wildman–Crippen MR) is 115 cm³/mol. The van der Waals surface area contributed by atoms with Gasteiger partial charge < -0.3 is 26.6 Å². The second kappa shape index (κ2) is 12.0. The van der Waals surface area contributed by atoms with Crippen LogP contribution in [0.3, 0.4) is 0 Å². The van der Waals surface area contributed by atoms with E-state index in [9.17, 15) is 0 Å². The summed E-state index contributed by atoms with van der Waals surface area (Å²) in [5.41, 5.74) is 1.52. The molecule has 9 heteroatoms. The molecule has 0 unspecified atom stereocenters. The highest BCUT2D eigenvalue weighted by Crippen LogP contribution is 2.51. The first-order valence-corrected chi connectivity index (χ1v) is 16.8. The normalized spacial score (nSPS) is 21.3. The average molecular weight is 437 g/mol. The van der Waals surface area contributed by atoms with Crippen molar-refractivity contribution in [3.8, 4) is 0 Å². The second-order valence-electron chi connectivity index (χ2n) is 6.56. The molecule has 1 fully saturated rings. The SMILES string of the molecule is C=CCC1[Si](OCC)(OCC)C[Si](OCC)(OCC)C[Si]1(OCC)OCC. The molecule has 1 aliphatic heterocycles. The van der Waals surface area contributed by atoms with E-state index in [4.69, 9.17) is 26.6 Å². The smallest absolute Gasteiger partial charge is 0.345 e. The molecule has 0 bridgehead atoms. The maximum absolute atomic E-state index is 6.49. The van der Waals surface area contributed by atoms with Gasteiger partial charge in [0.1, 0.15) is 0 Å². The largest absolute Gasteiger partial charge is 0.395 e. The van der Waals surface area contributed by atoms with Crippen molar-refractivity contribution in [3.63, 3.8) is 0 Å². The molecule has 0 aromatic rings. The molecule has 0 spiro atoms. The van der Waals surface area contributed by atoms with Crippen molar-refractivity contribution in [1.29, 1.82) is 0 Å². The van der Waals surface area contributed by atoms with Crippen LogP contribution in [0, 0.1) is 0 Å². The first kappa shape index (κ1) is 25.2. The van der Waals surface area contributed by atoms with E-state index in [0.29, 0.717) is 39.6 Å². The lowest BCUT2D eigenvalue weighted by atomic mass is 10.5. The summed E-state index contributed by atoms with van der Waals surface area (Å²) < 4.78 is 38.7. The van der Waals surface area contributed by atoms with Crippen molar-refractivity contribution in [1.82, 2.24) is 0 Å². The van der Waals surface area contributed by atoms with Gasteiger partial charge in [0.05, 0.1) is 0 Å². The molecule has 27 heavy (non-hydrogen) atoms. The number of allylic oxidation sites excluding steroid dienone is 1. The van der Waals surface area contributed by atoms with E-state index >= 15 is 0 Å². The first-order chi connectivity index (χ1) is 13.0. The van der Waals surface area contributed by atoms with Gasteiger partial charge >= 0.3 is 25.7 Å². The van der Waals surface area contributed by atoms with Crippen molar-refractivity contribution in [2.24, 2.45) is 0 Å². The van der Waals surface area contributed by atoms with E-state index < -0.39 is 25.7 Å². The molecule has 0 radical (unpaired) electrons. The molecular weight excluding hydrogens is 396 g/mol. The van der Waals surface area contributed by atoms with Crippen molar-refractivity contribution in [2.75, 3.05) is 39.6 Å². The van der Waals surface area contributed by atoms with Gasteiger partial charge in [-0.1, -0.05) is 6.08 Å². The lowest BCUT2D eigenvalue weighted by Gasteiger charge is -2.53. The fourth-order valence-electron chi connectivity index (χ4n) is 4.36. The van der Waals surface area contributed by atoms with Gasteiger partial charge in [-0.2, -0.15) is 0 Å². The van der Waals surface area contributed by atoms with Gasteiger partial charge in [-0.25, -0.2) is 0 Å². The molecular formula is C18H40O6Si3. The Kier molecular flexibility index (Phi) is 11.2. The van der Waals surface area contributed by atoms with Crippen LogP contribution >= 0.6 is 0 Å². The van der Waals surface area contributed by atoms with Crippen molar-refractivity contribution in [2.45, 2.75) is 64.5 Å². The number of hydrogen-bond donors (Lipinski definition) is 0.